The van der Waals surface area contributed by atoms with Crippen LogP contribution in [0.4, 0.5) is 5.69 Å². The van der Waals surface area contributed by atoms with Crippen molar-refractivity contribution in [3.8, 4) is 0 Å². The molecular formula is C24H33N3O. The van der Waals surface area contributed by atoms with Crippen molar-refractivity contribution in [2.75, 3.05) is 32.0 Å². The summed E-state index contributed by atoms with van der Waals surface area (Å²) in [5.74, 6) is -0.0283. The maximum atomic E-state index is 11.1. The molecule has 1 amide bonds. The van der Waals surface area contributed by atoms with Crippen molar-refractivity contribution in [3.05, 3.63) is 65.7 Å². The molecule has 2 aromatic rings. The van der Waals surface area contributed by atoms with E-state index in [0.29, 0.717) is 6.04 Å². The van der Waals surface area contributed by atoms with Gasteiger partial charge in [0.15, 0.2) is 0 Å². The van der Waals surface area contributed by atoms with E-state index >= 15 is 0 Å². The SMILES string of the molecule is CC(=O)Nc1ccc(CN(C)[C@@H]2CCCN(CCCc3ccccc3)C2)cc1. The van der Waals surface area contributed by atoms with Gasteiger partial charge in [0.2, 0.25) is 5.91 Å². The number of nitrogens with zero attached hydrogens (tertiary/aromatic N) is 2. The van der Waals surface area contributed by atoms with Gasteiger partial charge in [-0.25, -0.2) is 0 Å². The number of nitrogens with one attached hydrogen (secondary N) is 1. The second kappa shape index (κ2) is 10.4. The Morgan fingerprint density at radius 1 is 1.11 bits per heavy atom. The molecule has 1 heterocycles. The second-order valence-corrected chi connectivity index (χ2v) is 7.98. The molecule has 0 bridgehead atoms. The maximum Gasteiger partial charge on any atom is 0.221 e. The Morgan fingerprint density at radius 2 is 1.86 bits per heavy atom. The van der Waals surface area contributed by atoms with Crippen molar-refractivity contribution in [2.24, 2.45) is 0 Å². The van der Waals surface area contributed by atoms with E-state index < -0.39 is 0 Å². The van der Waals surface area contributed by atoms with E-state index in [1.165, 1.54) is 56.8 Å². The van der Waals surface area contributed by atoms with Gasteiger partial charge in [0.25, 0.3) is 0 Å². The van der Waals surface area contributed by atoms with Crippen LogP contribution in [0.2, 0.25) is 0 Å². The third kappa shape index (κ3) is 6.47. The lowest BCUT2D eigenvalue weighted by Gasteiger charge is -2.37. The van der Waals surface area contributed by atoms with Crippen molar-refractivity contribution >= 4 is 11.6 Å². The van der Waals surface area contributed by atoms with Crippen LogP contribution in [0.25, 0.3) is 0 Å². The van der Waals surface area contributed by atoms with Gasteiger partial charge in [-0.05, 0) is 69.1 Å². The normalized spacial score (nSPS) is 17.6. The number of likely N-dealkylation sites (N-methyl/N-ethyl adjacent to an activating group) is 1. The summed E-state index contributed by atoms with van der Waals surface area (Å²) in [5.41, 5.74) is 3.59. The predicted octanol–water partition coefficient (Wildman–Crippen LogP) is 4.17. The fourth-order valence-corrected chi connectivity index (χ4v) is 4.06. The topological polar surface area (TPSA) is 35.6 Å². The van der Waals surface area contributed by atoms with E-state index in [1.807, 2.05) is 12.1 Å². The third-order valence-corrected chi connectivity index (χ3v) is 5.59. The molecule has 28 heavy (non-hydrogen) atoms. The molecular weight excluding hydrogens is 346 g/mol. The number of anilines is 1. The van der Waals surface area contributed by atoms with Crippen molar-refractivity contribution in [2.45, 2.75) is 45.2 Å². The number of aryl methyl sites for hydroxylation is 1. The summed E-state index contributed by atoms with van der Waals surface area (Å²) in [7, 11) is 2.24. The number of likely N-dealkylation sites (tertiary alicyclic amines) is 1. The molecule has 3 rings (SSSR count). The van der Waals surface area contributed by atoms with Crippen LogP contribution >= 0.6 is 0 Å². The van der Waals surface area contributed by atoms with Crippen LogP contribution in [0.3, 0.4) is 0 Å². The monoisotopic (exact) mass is 379 g/mol. The van der Waals surface area contributed by atoms with Gasteiger partial charge in [-0.15, -0.1) is 0 Å². The first-order valence-corrected chi connectivity index (χ1v) is 10.4. The number of piperidine rings is 1. The Bertz CT molecular complexity index is 729. The minimum Gasteiger partial charge on any atom is -0.326 e. The third-order valence-electron chi connectivity index (χ3n) is 5.59. The Hall–Kier alpha value is -2.17. The Balaban J connectivity index is 1.44. The van der Waals surface area contributed by atoms with E-state index in [9.17, 15) is 4.79 Å². The van der Waals surface area contributed by atoms with Gasteiger partial charge in [-0.3, -0.25) is 9.69 Å². The number of benzene rings is 2. The molecule has 0 aliphatic carbocycles. The van der Waals surface area contributed by atoms with Crippen molar-refractivity contribution < 1.29 is 4.79 Å². The number of rotatable bonds is 8. The molecule has 4 heteroatoms. The highest BCUT2D eigenvalue weighted by molar-refractivity contribution is 5.88. The Labute approximate surface area is 169 Å². The molecule has 0 aromatic heterocycles. The van der Waals surface area contributed by atoms with Crippen LogP contribution in [0, 0.1) is 0 Å². The standard InChI is InChI=1S/C24H33N3O/c1-20(28)25-23-14-12-22(13-15-23)18-26(2)24-11-7-17-27(19-24)16-6-10-21-8-4-3-5-9-21/h3-5,8-9,12-15,24H,6-7,10-11,16-19H2,1-2H3,(H,25,28)/t24-/m1/s1. The van der Waals surface area contributed by atoms with E-state index in [0.717, 1.165) is 18.8 Å². The number of hydrogen-bond acceptors (Lipinski definition) is 3. The van der Waals surface area contributed by atoms with Gasteiger partial charge in [0, 0.05) is 31.7 Å². The summed E-state index contributed by atoms with van der Waals surface area (Å²) in [5, 5.41) is 2.83. The molecule has 0 radical (unpaired) electrons. The average Bonchev–Trinajstić information content (AvgIpc) is 2.70. The summed E-state index contributed by atoms with van der Waals surface area (Å²) < 4.78 is 0. The lowest BCUT2D eigenvalue weighted by Crippen LogP contribution is -2.46. The quantitative estimate of drug-likeness (QED) is 0.748. The van der Waals surface area contributed by atoms with Crippen molar-refractivity contribution in [1.29, 1.82) is 0 Å². The molecule has 2 aromatic carbocycles. The smallest absolute Gasteiger partial charge is 0.221 e. The van der Waals surface area contributed by atoms with E-state index in [2.05, 4.69) is 64.6 Å². The molecule has 1 aliphatic heterocycles. The highest BCUT2D eigenvalue weighted by atomic mass is 16.1. The first kappa shape index (κ1) is 20.6. The highest BCUT2D eigenvalue weighted by Crippen LogP contribution is 2.18. The van der Waals surface area contributed by atoms with Crippen LogP contribution in [-0.2, 0) is 17.8 Å². The van der Waals surface area contributed by atoms with Crippen molar-refractivity contribution in [1.82, 2.24) is 9.80 Å². The summed E-state index contributed by atoms with van der Waals surface area (Å²) in [6.07, 6.45) is 4.95. The zero-order valence-electron chi connectivity index (χ0n) is 17.2. The summed E-state index contributed by atoms with van der Waals surface area (Å²) >= 11 is 0. The molecule has 1 fully saturated rings. The van der Waals surface area contributed by atoms with Gasteiger partial charge in [-0.1, -0.05) is 42.5 Å². The summed E-state index contributed by atoms with van der Waals surface area (Å²) in [6, 6.07) is 19.6. The molecule has 4 nitrogen and oxygen atoms in total. The van der Waals surface area contributed by atoms with Gasteiger partial charge >= 0.3 is 0 Å². The van der Waals surface area contributed by atoms with Gasteiger partial charge in [0.05, 0.1) is 0 Å². The summed E-state index contributed by atoms with van der Waals surface area (Å²) in [4.78, 5) is 16.3. The van der Waals surface area contributed by atoms with Gasteiger partial charge in [0.1, 0.15) is 0 Å². The minimum absolute atomic E-state index is 0.0283. The lowest BCUT2D eigenvalue weighted by atomic mass is 10.0. The molecule has 150 valence electrons. The van der Waals surface area contributed by atoms with Crippen LogP contribution in [0.15, 0.2) is 54.6 Å². The van der Waals surface area contributed by atoms with E-state index in [1.54, 1.807) is 0 Å². The zero-order chi connectivity index (χ0) is 19.8. The zero-order valence-corrected chi connectivity index (χ0v) is 17.2. The number of amides is 1. The van der Waals surface area contributed by atoms with Crippen LogP contribution < -0.4 is 5.32 Å². The predicted molar refractivity (Wildman–Crippen MR) is 116 cm³/mol. The molecule has 0 spiro atoms. The van der Waals surface area contributed by atoms with Crippen LogP contribution in [0.1, 0.15) is 37.3 Å². The maximum absolute atomic E-state index is 11.1. The second-order valence-electron chi connectivity index (χ2n) is 7.98. The average molecular weight is 380 g/mol. The molecule has 1 atom stereocenters. The lowest BCUT2D eigenvalue weighted by molar-refractivity contribution is -0.114. The van der Waals surface area contributed by atoms with Gasteiger partial charge in [-0.2, -0.15) is 0 Å². The minimum atomic E-state index is -0.0283. The number of carbonyl (C=O) groups is 1. The fraction of sp³-hybridized carbons (Fsp3) is 0.458. The first-order valence-electron chi connectivity index (χ1n) is 10.4. The highest BCUT2D eigenvalue weighted by Gasteiger charge is 2.22. The van der Waals surface area contributed by atoms with E-state index in [4.69, 9.17) is 0 Å². The number of carbonyl (C=O) groups excluding carboxylic acids is 1. The molecule has 0 unspecified atom stereocenters. The van der Waals surface area contributed by atoms with Crippen LogP contribution in [-0.4, -0.2) is 48.4 Å². The van der Waals surface area contributed by atoms with Gasteiger partial charge < -0.3 is 10.2 Å². The first-order chi connectivity index (χ1) is 13.6. The summed E-state index contributed by atoms with van der Waals surface area (Å²) in [6.45, 7) is 6.06. The molecule has 1 N–H and O–H groups in total. The van der Waals surface area contributed by atoms with Crippen LogP contribution in [0.5, 0.6) is 0 Å². The number of hydrogen-bond donors (Lipinski definition) is 1. The van der Waals surface area contributed by atoms with Crippen molar-refractivity contribution in [3.63, 3.8) is 0 Å². The van der Waals surface area contributed by atoms with E-state index in [-0.39, 0.29) is 5.91 Å². The Kier molecular flexibility index (Phi) is 7.63. The largest absolute Gasteiger partial charge is 0.326 e. The molecule has 1 aliphatic rings. The fourth-order valence-electron chi connectivity index (χ4n) is 4.06. The molecule has 0 saturated carbocycles. The Morgan fingerprint density at radius 3 is 2.57 bits per heavy atom. The molecule has 1 saturated heterocycles.